The number of likely N-dealkylation sites (tertiary alicyclic amines) is 2. The Morgan fingerprint density at radius 1 is 0.400 bits per heavy atom. The van der Waals surface area contributed by atoms with Gasteiger partial charge in [0.2, 0.25) is 0 Å². The third kappa shape index (κ3) is 6.71. The van der Waals surface area contributed by atoms with Gasteiger partial charge in [-0.05, 0) is 89.9 Å². The van der Waals surface area contributed by atoms with Crippen LogP contribution < -0.4 is 0 Å². The highest BCUT2D eigenvalue weighted by atomic mass is 15.4. The van der Waals surface area contributed by atoms with E-state index < -0.39 is 0 Å². The molecule has 174 valence electrons. The first-order chi connectivity index (χ1) is 14.8. The minimum atomic E-state index is 1.07. The Morgan fingerprint density at radius 3 is 1.13 bits per heavy atom. The molecule has 4 rings (SSSR count). The van der Waals surface area contributed by atoms with Gasteiger partial charge in [-0.25, -0.2) is 0 Å². The second kappa shape index (κ2) is 11.7. The van der Waals surface area contributed by atoms with Gasteiger partial charge in [-0.15, -0.1) is 0 Å². The maximum Gasteiger partial charge on any atom is 0.0815 e. The standard InChI is InChI=1S/C28H54N2/c1(9-19-29(21-11-3-12-22-29)25-27-15-5-6-16-27)2-10-20-30(23-13-4-14-24-30)26-28-17-7-8-18-28/h27-28H,1-26H2/q+2. The van der Waals surface area contributed by atoms with Crippen molar-refractivity contribution in [1.29, 1.82) is 0 Å². The van der Waals surface area contributed by atoms with E-state index in [2.05, 4.69) is 0 Å². The summed E-state index contributed by atoms with van der Waals surface area (Å²) < 4.78 is 3.04. The molecule has 0 atom stereocenters. The molecule has 0 spiro atoms. The summed E-state index contributed by atoms with van der Waals surface area (Å²) in [6.45, 7) is 12.2. The zero-order chi connectivity index (χ0) is 20.5. The summed E-state index contributed by atoms with van der Waals surface area (Å²) in [5.74, 6) is 2.14. The lowest BCUT2D eigenvalue weighted by molar-refractivity contribution is -0.936. The van der Waals surface area contributed by atoms with E-state index in [4.69, 9.17) is 0 Å². The molecule has 0 bridgehead atoms. The molecule has 2 aliphatic heterocycles. The number of unbranched alkanes of at least 4 members (excludes halogenated alkanes) is 3. The largest absolute Gasteiger partial charge is 0.323 e. The average molecular weight is 419 g/mol. The molecule has 4 fully saturated rings. The van der Waals surface area contributed by atoms with E-state index in [0.29, 0.717) is 0 Å². The van der Waals surface area contributed by atoms with Crippen LogP contribution in [0.2, 0.25) is 0 Å². The Balaban J connectivity index is 1.17. The lowest BCUT2D eigenvalue weighted by atomic mass is 9.99. The van der Waals surface area contributed by atoms with E-state index in [0.717, 1.165) is 11.8 Å². The van der Waals surface area contributed by atoms with Crippen molar-refractivity contribution in [2.24, 2.45) is 11.8 Å². The molecule has 0 aromatic carbocycles. The van der Waals surface area contributed by atoms with Gasteiger partial charge < -0.3 is 8.97 Å². The number of piperidine rings is 2. The number of quaternary nitrogens is 2. The molecule has 2 heterocycles. The summed E-state index contributed by atoms with van der Waals surface area (Å²) in [5, 5.41) is 0. The molecule has 2 saturated heterocycles. The van der Waals surface area contributed by atoms with Crippen LogP contribution in [0.3, 0.4) is 0 Å². The molecule has 0 unspecified atom stereocenters. The summed E-state index contributed by atoms with van der Waals surface area (Å²) in [7, 11) is 0. The zero-order valence-corrected chi connectivity index (χ0v) is 20.4. The second-order valence-corrected chi connectivity index (χ2v) is 12.2. The summed E-state index contributed by atoms with van der Waals surface area (Å²) in [4.78, 5) is 0. The molecule has 2 heteroatoms. The molecular formula is C28H54N2+2. The van der Waals surface area contributed by atoms with Gasteiger partial charge in [-0.3, -0.25) is 0 Å². The third-order valence-electron chi connectivity index (χ3n) is 9.79. The number of hydrogen-bond donors (Lipinski definition) is 0. The Morgan fingerprint density at radius 2 is 0.767 bits per heavy atom. The molecule has 2 aliphatic carbocycles. The molecule has 2 saturated carbocycles. The first-order valence-corrected chi connectivity index (χ1v) is 14.5. The van der Waals surface area contributed by atoms with Crippen molar-refractivity contribution >= 4 is 0 Å². The van der Waals surface area contributed by atoms with Crippen molar-refractivity contribution in [2.45, 2.75) is 116 Å². The molecule has 0 radical (unpaired) electrons. The minimum absolute atomic E-state index is 1.07. The predicted octanol–water partition coefficient (Wildman–Crippen LogP) is 6.93. The van der Waals surface area contributed by atoms with Crippen molar-refractivity contribution in [3.63, 3.8) is 0 Å². The lowest BCUT2D eigenvalue weighted by Gasteiger charge is -2.44. The van der Waals surface area contributed by atoms with Gasteiger partial charge in [-0.1, -0.05) is 25.7 Å². The van der Waals surface area contributed by atoms with Crippen LogP contribution in [0.25, 0.3) is 0 Å². The van der Waals surface area contributed by atoms with Crippen LogP contribution in [0.5, 0.6) is 0 Å². The molecular weight excluding hydrogens is 364 g/mol. The number of rotatable bonds is 11. The molecule has 0 amide bonds. The van der Waals surface area contributed by atoms with Crippen LogP contribution in [0, 0.1) is 11.8 Å². The summed E-state index contributed by atoms with van der Waals surface area (Å²) in [6.07, 6.45) is 27.3. The highest BCUT2D eigenvalue weighted by molar-refractivity contribution is 4.70. The Hall–Kier alpha value is -0.0800. The van der Waals surface area contributed by atoms with E-state index in [-0.39, 0.29) is 0 Å². The molecule has 0 aromatic rings. The normalized spacial score (nSPS) is 27.6. The van der Waals surface area contributed by atoms with Crippen molar-refractivity contribution in [1.82, 2.24) is 0 Å². The van der Waals surface area contributed by atoms with Crippen LogP contribution in [-0.2, 0) is 0 Å². The van der Waals surface area contributed by atoms with Crippen molar-refractivity contribution in [3.05, 3.63) is 0 Å². The first kappa shape index (κ1) is 23.1. The fourth-order valence-electron chi connectivity index (χ4n) is 8.09. The molecule has 0 N–H and O–H groups in total. The highest BCUT2D eigenvalue weighted by Gasteiger charge is 2.35. The van der Waals surface area contributed by atoms with E-state index >= 15 is 0 Å². The van der Waals surface area contributed by atoms with Gasteiger partial charge >= 0.3 is 0 Å². The average Bonchev–Trinajstić information content (AvgIpc) is 3.46. The van der Waals surface area contributed by atoms with E-state index in [1.807, 2.05) is 0 Å². The first-order valence-electron chi connectivity index (χ1n) is 14.5. The topological polar surface area (TPSA) is 0 Å². The van der Waals surface area contributed by atoms with Gasteiger partial charge in [0.25, 0.3) is 0 Å². The van der Waals surface area contributed by atoms with Crippen LogP contribution in [0.15, 0.2) is 0 Å². The SMILES string of the molecule is C(CCC[N+]1(CC2CCCC2)CCCCC1)CC[N+]1(CC2CCCC2)CCCCC1. The number of hydrogen-bond acceptors (Lipinski definition) is 0. The van der Waals surface area contributed by atoms with Crippen LogP contribution in [0.1, 0.15) is 116 Å². The van der Waals surface area contributed by atoms with E-state index in [1.54, 1.807) is 38.8 Å². The van der Waals surface area contributed by atoms with Gasteiger partial charge in [0.15, 0.2) is 0 Å². The maximum absolute atomic E-state index is 1.54. The quantitative estimate of drug-likeness (QED) is 0.252. The highest BCUT2D eigenvalue weighted by Crippen LogP contribution is 2.32. The Kier molecular flexibility index (Phi) is 9.00. The Bertz CT molecular complexity index is 419. The fourth-order valence-corrected chi connectivity index (χ4v) is 8.09. The third-order valence-corrected chi connectivity index (χ3v) is 9.79. The fraction of sp³-hybridized carbons (Fsp3) is 1.00. The van der Waals surface area contributed by atoms with E-state index in [1.165, 1.54) is 138 Å². The van der Waals surface area contributed by atoms with Crippen LogP contribution in [-0.4, -0.2) is 61.3 Å². The molecule has 2 nitrogen and oxygen atoms in total. The Labute approximate surface area is 189 Å². The molecule has 30 heavy (non-hydrogen) atoms. The monoisotopic (exact) mass is 418 g/mol. The summed E-state index contributed by atoms with van der Waals surface area (Å²) in [6, 6.07) is 0. The summed E-state index contributed by atoms with van der Waals surface area (Å²) in [5.41, 5.74) is 0. The minimum Gasteiger partial charge on any atom is -0.323 e. The van der Waals surface area contributed by atoms with Crippen molar-refractivity contribution in [3.8, 4) is 0 Å². The van der Waals surface area contributed by atoms with Crippen LogP contribution in [0.4, 0.5) is 0 Å². The second-order valence-electron chi connectivity index (χ2n) is 12.2. The van der Waals surface area contributed by atoms with Crippen molar-refractivity contribution in [2.75, 3.05) is 52.4 Å². The smallest absolute Gasteiger partial charge is 0.0815 e. The summed E-state index contributed by atoms with van der Waals surface area (Å²) >= 11 is 0. The lowest BCUT2D eigenvalue weighted by Crippen LogP contribution is -2.54. The van der Waals surface area contributed by atoms with Gasteiger partial charge in [-0.2, -0.15) is 0 Å². The van der Waals surface area contributed by atoms with Gasteiger partial charge in [0.05, 0.1) is 52.4 Å². The van der Waals surface area contributed by atoms with Gasteiger partial charge in [0.1, 0.15) is 0 Å². The zero-order valence-electron chi connectivity index (χ0n) is 20.4. The van der Waals surface area contributed by atoms with Crippen LogP contribution >= 0.6 is 0 Å². The van der Waals surface area contributed by atoms with Crippen molar-refractivity contribution < 1.29 is 8.97 Å². The number of nitrogens with zero attached hydrogens (tertiary/aromatic N) is 2. The van der Waals surface area contributed by atoms with Gasteiger partial charge in [0, 0.05) is 11.8 Å². The molecule has 0 aromatic heterocycles. The maximum atomic E-state index is 1.54. The predicted molar refractivity (Wildman–Crippen MR) is 130 cm³/mol. The molecule has 4 aliphatic rings. The van der Waals surface area contributed by atoms with E-state index in [9.17, 15) is 0 Å².